The summed E-state index contributed by atoms with van der Waals surface area (Å²) < 4.78 is 13.3. The second kappa shape index (κ2) is 6.09. The van der Waals surface area contributed by atoms with E-state index in [1.165, 1.54) is 12.1 Å². The Morgan fingerprint density at radius 1 is 1.21 bits per heavy atom. The van der Waals surface area contributed by atoms with Crippen molar-refractivity contribution in [1.29, 1.82) is 0 Å². The Labute approximate surface area is 139 Å². The van der Waals surface area contributed by atoms with Crippen molar-refractivity contribution in [3.8, 4) is 11.1 Å². The third kappa shape index (κ3) is 3.46. The van der Waals surface area contributed by atoms with Crippen LogP contribution >= 0.6 is 0 Å². The summed E-state index contributed by atoms with van der Waals surface area (Å²) in [5.74, 6) is -0.514. The Bertz CT molecular complexity index is 877. The molecule has 5 heteroatoms. The maximum Gasteiger partial charge on any atom is 0.251 e. The highest BCUT2D eigenvalue weighted by molar-refractivity contribution is 5.97. The minimum atomic E-state index is -0.949. The number of aromatic amines is 1. The first-order chi connectivity index (χ1) is 11.3. The molecule has 0 atom stereocenters. The van der Waals surface area contributed by atoms with Crippen LogP contribution in [0.15, 0.2) is 48.7 Å². The number of nitrogens with one attached hydrogen (secondary N) is 2. The van der Waals surface area contributed by atoms with Gasteiger partial charge in [0.2, 0.25) is 0 Å². The van der Waals surface area contributed by atoms with E-state index in [9.17, 15) is 14.3 Å². The number of carbonyl (C=O) groups is 1. The molecule has 1 heterocycles. The Morgan fingerprint density at radius 3 is 2.58 bits per heavy atom. The Balaban J connectivity index is 1.82. The number of H-pyrrole nitrogens is 1. The van der Waals surface area contributed by atoms with E-state index in [1.807, 2.05) is 18.3 Å². The molecule has 3 rings (SSSR count). The zero-order valence-electron chi connectivity index (χ0n) is 13.6. The molecule has 0 aliphatic carbocycles. The number of aromatic nitrogens is 1. The molecular weight excluding hydrogens is 307 g/mol. The average molecular weight is 326 g/mol. The van der Waals surface area contributed by atoms with Crippen LogP contribution in [-0.4, -0.2) is 28.1 Å². The summed E-state index contributed by atoms with van der Waals surface area (Å²) in [6, 6.07) is 11.8. The summed E-state index contributed by atoms with van der Waals surface area (Å²) in [6.07, 6.45) is 1.83. The van der Waals surface area contributed by atoms with E-state index >= 15 is 0 Å². The van der Waals surface area contributed by atoms with Gasteiger partial charge in [-0.25, -0.2) is 4.39 Å². The molecule has 24 heavy (non-hydrogen) atoms. The number of hydrogen-bond donors (Lipinski definition) is 3. The van der Waals surface area contributed by atoms with Gasteiger partial charge in [0.15, 0.2) is 0 Å². The lowest BCUT2D eigenvalue weighted by atomic mass is 10.0. The van der Waals surface area contributed by atoms with E-state index in [0.29, 0.717) is 5.56 Å². The lowest BCUT2D eigenvalue weighted by Crippen LogP contribution is -2.38. The number of hydrogen-bond acceptors (Lipinski definition) is 2. The van der Waals surface area contributed by atoms with Gasteiger partial charge in [-0.2, -0.15) is 0 Å². The van der Waals surface area contributed by atoms with Crippen molar-refractivity contribution in [2.45, 2.75) is 19.4 Å². The van der Waals surface area contributed by atoms with Crippen LogP contribution in [0, 0.1) is 5.82 Å². The van der Waals surface area contributed by atoms with Gasteiger partial charge in [-0.3, -0.25) is 4.79 Å². The number of carbonyl (C=O) groups excluding carboxylic acids is 1. The van der Waals surface area contributed by atoms with E-state index in [-0.39, 0.29) is 18.3 Å². The summed E-state index contributed by atoms with van der Waals surface area (Å²) in [7, 11) is 0. The second-order valence-corrected chi connectivity index (χ2v) is 6.46. The SMILES string of the molecule is CC(C)(O)CNC(=O)c1ccc(-c2c[nH]c3cc(F)ccc23)cc1. The molecular formula is C19H19FN2O2. The van der Waals surface area contributed by atoms with Gasteiger partial charge in [0.1, 0.15) is 5.82 Å². The van der Waals surface area contributed by atoms with E-state index in [4.69, 9.17) is 0 Å². The minimum absolute atomic E-state index is 0.182. The molecule has 3 aromatic rings. The van der Waals surface area contributed by atoms with Crippen LogP contribution in [0.25, 0.3) is 22.0 Å². The maximum atomic E-state index is 13.3. The summed E-state index contributed by atoms with van der Waals surface area (Å²) in [6.45, 7) is 3.45. The largest absolute Gasteiger partial charge is 0.389 e. The number of amides is 1. The van der Waals surface area contributed by atoms with Gasteiger partial charge in [0.05, 0.1) is 5.60 Å². The van der Waals surface area contributed by atoms with Gasteiger partial charge in [0.25, 0.3) is 5.91 Å². The summed E-state index contributed by atoms with van der Waals surface area (Å²) >= 11 is 0. The van der Waals surface area contributed by atoms with E-state index < -0.39 is 5.60 Å². The van der Waals surface area contributed by atoms with Crippen LogP contribution in [0.1, 0.15) is 24.2 Å². The second-order valence-electron chi connectivity index (χ2n) is 6.46. The average Bonchev–Trinajstić information content (AvgIpc) is 2.95. The lowest BCUT2D eigenvalue weighted by Gasteiger charge is -2.17. The minimum Gasteiger partial charge on any atom is -0.389 e. The molecule has 124 valence electrons. The molecule has 3 N–H and O–H groups in total. The van der Waals surface area contributed by atoms with Gasteiger partial charge in [-0.05, 0) is 49.7 Å². The number of benzene rings is 2. The van der Waals surface area contributed by atoms with Crippen molar-refractivity contribution < 1.29 is 14.3 Å². The Hall–Kier alpha value is -2.66. The van der Waals surface area contributed by atoms with E-state index in [2.05, 4.69) is 10.3 Å². The maximum absolute atomic E-state index is 13.3. The Kier molecular flexibility index (Phi) is 4.11. The molecule has 1 aromatic heterocycles. The van der Waals surface area contributed by atoms with Crippen molar-refractivity contribution in [3.05, 3.63) is 60.0 Å². The molecule has 0 unspecified atom stereocenters. The zero-order valence-corrected chi connectivity index (χ0v) is 13.6. The van der Waals surface area contributed by atoms with Crippen LogP contribution < -0.4 is 5.32 Å². The first-order valence-electron chi connectivity index (χ1n) is 7.71. The summed E-state index contributed by atoms with van der Waals surface area (Å²) in [4.78, 5) is 15.1. The van der Waals surface area contributed by atoms with Crippen LogP contribution in [0.5, 0.6) is 0 Å². The molecule has 1 amide bonds. The van der Waals surface area contributed by atoms with Crippen molar-refractivity contribution >= 4 is 16.8 Å². The fourth-order valence-corrected chi connectivity index (χ4v) is 2.54. The fourth-order valence-electron chi connectivity index (χ4n) is 2.54. The highest BCUT2D eigenvalue weighted by atomic mass is 19.1. The van der Waals surface area contributed by atoms with E-state index in [0.717, 1.165) is 22.0 Å². The van der Waals surface area contributed by atoms with Gasteiger partial charge in [0, 0.05) is 34.8 Å². The highest BCUT2D eigenvalue weighted by Crippen LogP contribution is 2.29. The number of rotatable bonds is 4. The number of fused-ring (bicyclic) bond motifs is 1. The first kappa shape index (κ1) is 16.2. The van der Waals surface area contributed by atoms with Crippen molar-refractivity contribution in [2.75, 3.05) is 6.54 Å². The molecule has 0 aliphatic heterocycles. The van der Waals surface area contributed by atoms with Crippen molar-refractivity contribution in [3.63, 3.8) is 0 Å². The van der Waals surface area contributed by atoms with Crippen molar-refractivity contribution in [2.24, 2.45) is 0 Å². The monoisotopic (exact) mass is 326 g/mol. The smallest absolute Gasteiger partial charge is 0.251 e. The van der Waals surface area contributed by atoms with Crippen molar-refractivity contribution in [1.82, 2.24) is 10.3 Å². The number of halogens is 1. The molecule has 0 radical (unpaired) electrons. The third-order valence-electron chi connectivity index (χ3n) is 3.78. The zero-order chi connectivity index (χ0) is 17.3. The van der Waals surface area contributed by atoms with Crippen LogP contribution in [0.4, 0.5) is 4.39 Å². The molecule has 0 bridgehead atoms. The molecule has 0 saturated carbocycles. The molecule has 4 nitrogen and oxygen atoms in total. The molecule has 0 fully saturated rings. The van der Waals surface area contributed by atoms with E-state index in [1.54, 1.807) is 32.0 Å². The molecule has 0 spiro atoms. The van der Waals surface area contributed by atoms with Crippen LogP contribution in [0.2, 0.25) is 0 Å². The summed E-state index contributed by atoms with van der Waals surface area (Å²) in [5, 5.41) is 13.3. The van der Waals surface area contributed by atoms with Gasteiger partial charge in [-0.1, -0.05) is 12.1 Å². The predicted molar refractivity (Wildman–Crippen MR) is 92.3 cm³/mol. The highest BCUT2D eigenvalue weighted by Gasteiger charge is 2.15. The fraction of sp³-hybridized carbons (Fsp3) is 0.211. The molecule has 2 aromatic carbocycles. The van der Waals surface area contributed by atoms with Crippen LogP contribution in [0.3, 0.4) is 0 Å². The topological polar surface area (TPSA) is 65.1 Å². The predicted octanol–water partition coefficient (Wildman–Crippen LogP) is 3.47. The normalized spacial score (nSPS) is 11.7. The quantitative estimate of drug-likeness (QED) is 0.687. The first-order valence-corrected chi connectivity index (χ1v) is 7.71. The van der Waals surface area contributed by atoms with Gasteiger partial charge < -0.3 is 15.4 Å². The summed E-state index contributed by atoms with van der Waals surface area (Å²) in [5.41, 5.74) is 2.20. The van der Waals surface area contributed by atoms with Crippen LogP contribution in [-0.2, 0) is 0 Å². The standard InChI is InChI=1S/C19H19FN2O2/c1-19(2,24)11-22-18(23)13-5-3-12(4-6-13)16-10-21-17-9-14(20)7-8-15(16)17/h3-10,21,24H,11H2,1-2H3,(H,22,23). The third-order valence-corrected chi connectivity index (χ3v) is 3.78. The lowest BCUT2D eigenvalue weighted by molar-refractivity contribution is 0.0694. The van der Waals surface area contributed by atoms with Gasteiger partial charge >= 0.3 is 0 Å². The van der Waals surface area contributed by atoms with Gasteiger partial charge in [-0.15, -0.1) is 0 Å². The molecule has 0 saturated heterocycles. The molecule has 0 aliphatic rings. The Morgan fingerprint density at radius 2 is 1.92 bits per heavy atom. The number of aliphatic hydroxyl groups is 1.